The normalized spacial score (nSPS) is 18.9. The molecule has 1 heterocycles. The van der Waals surface area contributed by atoms with E-state index in [2.05, 4.69) is 29.7 Å². The standard InChI is InChI=1S/C17H26N2O2/c1-2-5-13(8-9-20)11-19-17(21)16-10-14-6-3-4-7-15(14)12-18-16/h3-4,6-7,13,16,18,20H,2,5,8-12H2,1H3,(H,19,21)/t13?,16-/m0/s1. The molecule has 0 aliphatic carbocycles. The van der Waals surface area contributed by atoms with Crippen LogP contribution in [0.3, 0.4) is 0 Å². The molecule has 1 amide bonds. The number of nitrogens with one attached hydrogen (secondary N) is 2. The molecule has 4 heteroatoms. The number of carbonyl (C=O) groups is 1. The van der Waals surface area contributed by atoms with Gasteiger partial charge in [0.05, 0.1) is 6.04 Å². The quantitative estimate of drug-likeness (QED) is 0.715. The van der Waals surface area contributed by atoms with E-state index in [9.17, 15) is 4.79 Å². The zero-order valence-corrected chi connectivity index (χ0v) is 12.8. The van der Waals surface area contributed by atoms with E-state index >= 15 is 0 Å². The van der Waals surface area contributed by atoms with Crippen molar-refractivity contribution in [2.45, 2.75) is 45.2 Å². The first-order chi connectivity index (χ1) is 10.2. The van der Waals surface area contributed by atoms with E-state index in [1.54, 1.807) is 0 Å². The number of fused-ring (bicyclic) bond motifs is 1. The summed E-state index contributed by atoms with van der Waals surface area (Å²) in [4.78, 5) is 12.3. The fourth-order valence-corrected chi connectivity index (χ4v) is 2.95. The van der Waals surface area contributed by atoms with Gasteiger partial charge in [0.25, 0.3) is 0 Å². The Kier molecular flexibility index (Phi) is 6.21. The molecule has 2 atom stereocenters. The highest BCUT2D eigenvalue weighted by molar-refractivity contribution is 5.82. The fourth-order valence-electron chi connectivity index (χ4n) is 2.95. The maximum absolute atomic E-state index is 12.3. The summed E-state index contributed by atoms with van der Waals surface area (Å²) in [5.41, 5.74) is 2.54. The fraction of sp³-hybridized carbons (Fsp3) is 0.588. The highest BCUT2D eigenvalue weighted by Gasteiger charge is 2.24. The molecule has 0 fully saturated rings. The minimum absolute atomic E-state index is 0.0727. The summed E-state index contributed by atoms with van der Waals surface area (Å²) in [6, 6.07) is 8.12. The van der Waals surface area contributed by atoms with E-state index in [-0.39, 0.29) is 18.6 Å². The van der Waals surface area contributed by atoms with E-state index in [1.807, 2.05) is 12.1 Å². The van der Waals surface area contributed by atoms with Crippen LogP contribution in [0, 0.1) is 5.92 Å². The van der Waals surface area contributed by atoms with Gasteiger partial charge in [-0.05, 0) is 36.3 Å². The minimum Gasteiger partial charge on any atom is -0.396 e. The Labute approximate surface area is 126 Å². The maximum atomic E-state index is 12.3. The molecule has 1 unspecified atom stereocenters. The zero-order valence-electron chi connectivity index (χ0n) is 12.8. The van der Waals surface area contributed by atoms with E-state index in [1.165, 1.54) is 11.1 Å². The predicted molar refractivity (Wildman–Crippen MR) is 83.9 cm³/mol. The van der Waals surface area contributed by atoms with Gasteiger partial charge >= 0.3 is 0 Å². The van der Waals surface area contributed by atoms with Gasteiger partial charge in [0.15, 0.2) is 0 Å². The second kappa shape index (κ2) is 8.15. The van der Waals surface area contributed by atoms with Crippen LogP contribution in [0.15, 0.2) is 24.3 Å². The Morgan fingerprint density at radius 3 is 2.86 bits per heavy atom. The number of carbonyl (C=O) groups excluding carboxylic acids is 1. The highest BCUT2D eigenvalue weighted by atomic mass is 16.3. The zero-order chi connectivity index (χ0) is 15.1. The molecule has 0 radical (unpaired) electrons. The van der Waals surface area contributed by atoms with Crippen LogP contribution >= 0.6 is 0 Å². The van der Waals surface area contributed by atoms with Gasteiger partial charge in [0, 0.05) is 19.7 Å². The topological polar surface area (TPSA) is 61.4 Å². The predicted octanol–water partition coefficient (Wildman–Crippen LogP) is 1.62. The van der Waals surface area contributed by atoms with Crippen LogP contribution < -0.4 is 10.6 Å². The lowest BCUT2D eigenvalue weighted by Gasteiger charge is -2.26. The van der Waals surface area contributed by atoms with Gasteiger partial charge in [-0.1, -0.05) is 37.6 Å². The summed E-state index contributed by atoms with van der Waals surface area (Å²) in [6.45, 7) is 3.73. The van der Waals surface area contributed by atoms with Crippen LogP contribution in [0.1, 0.15) is 37.3 Å². The Hall–Kier alpha value is -1.39. The van der Waals surface area contributed by atoms with Gasteiger partial charge in [-0.2, -0.15) is 0 Å². The largest absolute Gasteiger partial charge is 0.396 e. The average Bonchev–Trinajstić information content (AvgIpc) is 2.52. The Morgan fingerprint density at radius 2 is 2.14 bits per heavy atom. The van der Waals surface area contributed by atoms with Crippen molar-refractivity contribution in [3.63, 3.8) is 0 Å². The van der Waals surface area contributed by atoms with Crippen molar-refractivity contribution in [3.05, 3.63) is 35.4 Å². The number of hydrogen-bond acceptors (Lipinski definition) is 3. The first kappa shape index (κ1) is 16.0. The van der Waals surface area contributed by atoms with Crippen LogP contribution in [-0.2, 0) is 17.8 Å². The highest BCUT2D eigenvalue weighted by Crippen LogP contribution is 2.16. The first-order valence-electron chi connectivity index (χ1n) is 7.93. The lowest BCUT2D eigenvalue weighted by molar-refractivity contribution is -0.123. The van der Waals surface area contributed by atoms with E-state index in [0.717, 1.165) is 32.2 Å². The average molecular weight is 290 g/mol. The second-order valence-corrected chi connectivity index (χ2v) is 5.82. The van der Waals surface area contributed by atoms with Gasteiger partial charge in [-0.3, -0.25) is 4.79 Å². The first-order valence-corrected chi connectivity index (χ1v) is 7.93. The molecular weight excluding hydrogens is 264 g/mol. The Morgan fingerprint density at radius 1 is 1.38 bits per heavy atom. The molecule has 0 saturated carbocycles. The number of aliphatic hydroxyl groups is 1. The summed E-state index contributed by atoms with van der Waals surface area (Å²) in [7, 11) is 0. The monoisotopic (exact) mass is 290 g/mol. The molecular formula is C17H26N2O2. The molecule has 0 aromatic heterocycles. The summed E-state index contributed by atoms with van der Waals surface area (Å²) >= 11 is 0. The maximum Gasteiger partial charge on any atom is 0.237 e. The van der Waals surface area contributed by atoms with Gasteiger partial charge < -0.3 is 15.7 Å². The van der Waals surface area contributed by atoms with Gasteiger partial charge in [-0.15, -0.1) is 0 Å². The Balaban J connectivity index is 1.84. The Bertz CT molecular complexity index is 456. The van der Waals surface area contributed by atoms with Gasteiger partial charge in [0.2, 0.25) is 5.91 Å². The van der Waals surface area contributed by atoms with Crippen LogP contribution in [0.5, 0.6) is 0 Å². The second-order valence-electron chi connectivity index (χ2n) is 5.82. The van der Waals surface area contributed by atoms with Crippen molar-refractivity contribution in [2.24, 2.45) is 5.92 Å². The van der Waals surface area contributed by atoms with Crippen molar-refractivity contribution >= 4 is 5.91 Å². The van der Waals surface area contributed by atoms with Crippen molar-refractivity contribution in [1.29, 1.82) is 0 Å². The van der Waals surface area contributed by atoms with E-state index in [0.29, 0.717) is 12.5 Å². The number of hydrogen-bond donors (Lipinski definition) is 3. The molecule has 1 aromatic carbocycles. The number of amides is 1. The molecule has 0 saturated heterocycles. The van der Waals surface area contributed by atoms with Gasteiger partial charge in [0.1, 0.15) is 0 Å². The lowest BCUT2D eigenvalue weighted by atomic mass is 9.95. The van der Waals surface area contributed by atoms with Gasteiger partial charge in [-0.25, -0.2) is 0 Å². The van der Waals surface area contributed by atoms with Crippen molar-refractivity contribution in [1.82, 2.24) is 10.6 Å². The van der Waals surface area contributed by atoms with Crippen molar-refractivity contribution < 1.29 is 9.90 Å². The molecule has 3 N–H and O–H groups in total. The lowest BCUT2D eigenvalue weighted by Crippen LogP contribution is -2.48. The van der Waals surface area contributed by atoms with Crippen LogP contribution in [0.2, 0.25) is 0 Å². The molecule has 2 rings (SSSR count). The molecule has 0 bridgehead atoms. The molecule has 4 nitrogen and oxygen atoms in total. The van der Waals surface area contributed by atoms with E-state index < -0.39 is 0 Å². The molecule has 1 aromatic rings. The number of aliphatic hydroxyl groups excluding tert-OH is 1. The van der Waals surface area contributed by atoms with Crippen LogP contribution in [-0.4, -0.2) is 30.2 Å². The SMILES string of the molecule is CCCC(CCO)CNC(=O)[C@@H]1Cc2ccccc2CN1. The van der Waals surface area contributed by atoms with E-state index in [4.69, 9.17) is 5.11 Å². The third-order valence-electron chi connectivity index (χ3n) is 4.20. The third kappa shape index (κ3) is 4.55. The van der Waals surface area contributed by atoms with Crippen LogP contribution in [0.4, 0.5) is 0 Å². The summed E-state index contributed by atoms with van der Waals surface area (Å²) < 4.78 is 0. The molecule has 1 aliphatic heterocycles. The summed E-state index contributed by atoms with van der Waals surface area (Å²) in [5, 5.41) is 15.4. The van der Waals surface area contributed by atoms with Crippen LogP contribution in [0.25, 0.3) is 0 Å². The smallest absolute Gasteiger partial charge is 0.237 e. The number of rotatable bonds is 7. The van der Waals surface area contributed by atoms with Crippen molar-refractivity contribution in [3.8, 4) is 0 Å². The molecule has 21 heavy (non-hydrogen) atoms. The number of benzene rings is 1. The molecule has 116 valence electrons. The summed E-state index contributed by atoms with van der Waals surface area (Å²) in [5.74, 6) is 0.448. The third-order valence-corrected chi connectivity index (χ3v) is 4.20. The molecule has 0 spiro atoms. The summed E-state index contributed by atoms with van der Waals surface area (Å²) in [6.07, 6.45) is 3.63. The minimum atomic E-state index is -0.142. The molecule has 1 aliphatic rings. The van der Waals surface area contributed by atoms with Crippen molar-refractivity contribution in [2.75, 3.05) is 13.2 Å².